The molecule has 2 atom stereocenters. The zero-order valence-electron chi connectivity index (χ0n) is 13.3. The van der Waals surface area contributed by atoms with Crippen molar-refractivity contribution < 1.29 is 29.6 Å². The number of carboxylic acid groups (broad SMARTS) is 1. The number of aliphatic hydroxyl groups excluding tert-OH is 2. The summed E-state index contributed by atoms with van der Waals surface area (Å²) in [5, 5.41) is 37.1. The third kappa shape index (κ3) is 5.30. The van der Waals surface area contributed by atoms with Gasteiger partial charge in [-0.1, -0.05) is 30.3 Å². The fourth-order valence-corrected chi connectivity index (χ4v) is 2.15. The minimum absolute atomic E-state index is 0.00580. The van der Waals surface area contributed by atoms with Crippen LogP contribution in [0.25, 0.3) is 0 Å². The van der Waals surface area contributed by atoms with Gasteiger partial charge in [0.1, 0.15) is 18.4 Å². The molecule has 0 spiro atoms. The average Bonchev–Trinajstić information content (AvgIpc) is 3.10. The van der Waals surface area contributed by atoms with Crippen LogP contribution in [0, 0.1) is 0 Å². The minimum atomic E-state index is -1.44. The molecule has 9 heteroatoms. The third-order valence-corrected chi connectivity index (χ3v) is 3.49. The summed E-state index contributed by atoms with van der Waals surface area (Å²) < 4.78 is 5.01. The van der Waals surface area contributed by atoms with Crippen molar-refractivity contribution in [2.45, 2.75) is 25.2 Å². The van der Waals surface area contributed by atoms with E-state index in [0.717, 1.165) is 11.8 Å². The SMILES string of the molecule is O=C(NCCC(O)C(O)c1cn[nH]c1C(=O)O)OCc1ccccc1. The van der Waals surface area contributed by atoms with Crippen LogP contribution in [0.5, 0.6) is 0 Å². The van der Waals surface area contributed by atoms with Gasteiger partial charge in [0.15, 0.2) is 0 Å². The number of ether oxygens (including phenoxy) is 1. The Labute approximate surface area is 143 Å². The lowest BCUT2D eigenvalue weighted by Crippen LogP contribution is -2.30. The predicted molar refractivity (Wildman–Crippen MR) is 85.8 cm³/mol. The Kier molecular flexibility index (Phi) is 6.49. The molecule has 0 saturated heterocycles. The van der Waals surface area contributed by atoms with Gasteiger partial charge >= 0.3 is 12.1 Å². The third-order valence-electron chi connectivity index (χ3n) is 3.49. The number of aliphatic hydroxyl groups is 2. The highest BCUT2D eigenvalue weighted by Crippen LogP contribution is 2.21. The quantitative estimate of drug-likeness (QED) is 0.474. The first kappa shape index (κ1) is 18.4. The summed E-state index contributed by atoms with van der Waals surface area (Å²) in [6, 6.07) is 9.15. The number of carbonyl (C=O) groups excluding carboxylic acids is 1. The normalized spacial score (nSPS) is 13.0. The van der Waals surface area contributed by atoms with E-state index in [1.807, 2.05) is 30.3 Å². The molecule has 5 N–H and O–H groups in total. The number of benzene rings is 1. The van der Waals surface area contributed by atoms with Crippen molar-refractivity contribution in [1.29, 1.82) is 0 Å². The van der Waals surface area contributed by atoms with E-state index < -0.39 is 24.3 Å². The maximum Gasteiger partial charge on any atom is 0.407 e. The van der Waals surface area contributed by atoms with Gasteiger partial charge in [-0.05, 0) is 12.0 Å². The van der Waals surface area contributed by atoms with Crippen molar-refractivity contribution in [2.24, 2.45) is 0 Å². The van der Waals surface area contributed by atoms with Crippen molar-refractivity contribution in [3.05, 3.63) is 53.3 Å². The molecule has 0 bridgehead atoms. The monoisotopic (exact) mass is 349 g/mol. The molecule has 2 unspecified atom stereocenters. The molecule has 1 amide bonds. The number of aromatic nitrogens is 2. The fourth-order valence-electron chi connectivity index (χ4n) is 2.15. The second-order valence-electron chi connectivity index (χ2n) is 5.29. The largest absolute Gasteiger partial charge is 0.477 e. The smallest absolute Gasteiger partial charge is 0.407 e. The Hall–Kier alpha value is -2.91. The molecule has 2 rings (SSSR count). The van der Waals surface area contributed by atoms with Crippen LogP contribution in [0.15, 0.2) is 36.5 Å². The summed E-state index contributed by atoms with van der Waals surface area (Å²) >= 11 is 0. The van der Waals surface area contributed by atoms with Gasteiger partial charge in [-0.15, -0.1) is 0 Å². The van der Waals surface area contributed by atoms with Crippen LogP contribution in [0.3, 0.4) is 0 Å². The molecule has 1 aromatic carbocycles. The Balaban J connectivity index is 1.74. The number of rotatable bonds is 8. The minimum Gasteiger partial charge on any atom is -0.477 e. The highest BCUT2D eigenvalue weighted by molar-refractivity contribution is 5.87. The van der Waals surface area contributed by atoms with Crippen LogP contribution in [-0.4, -0.2) is 50.2 Å². The number of nitrogens with zero attached hydrogens (tertiary/aromatic N) is 1. The van der Waals surface area contributed by atoms with Gasteiger partial charge in [-0.25, -0.2) is 9.59 Å². The van der Waals surface area contributed by atoms with E-state index in [1.165, 1.54) is 0 Å². The van der Waals surface area contributed by atoms with E-state index in [-0.39, 0.29) is 30.8 Å². The van der Waals surface area contributed by atoms with Crippen molar-refractivity contribution >= 4 is 12.1 Å². The first-order valence-corrected chi connectivity index (χ1v) is 7.56. The fraction of sp³-hybridized carbons (Fsp3) is 0.312. The number of aromatic carboxylic acids is 1. The Morgan fingerprint density at radius 3 is 2.64 bits per heavy atom. The highest BCUT2D eigenvalue weighted by atomic mass is 16.5. The number of amides is 1. The average molecular weight is 349 g/mol. The zero-order valence-corrected chi connectivity index (χ0v) is 13.3. The van der Waals surface area contributed by atoms with E-state index in [4.69, 9.17) is 9.84 Å². The van der Waals surface area contributed by atoms with Crippen LogP contribution in [0.2, 0.25) is 0 Å². The van der Waals surface area contributed by atoms with E-state index >= 15 is 0 Å². The molecule has 0 aliphatic heterocycles. The van der Waals surface area contributed by atoms with Crippen LogP contribution in [0.1, 0.15) is 34.1 Å². The number of nitrogens with one attached hydrogen (secondary N) is 2. The second kappa shape index (κ2) is 8.81. The number of aromatic amines is 1. The molecule has 9 nitrogen and oxygen atoms in total. The van der Waals surface area contributed by atoms with Crippen molar-refractivity contribution in [3.63, 3.8) is 0 Å². The molecule has 0 radical (unpaired) electrons. The zero-order chi connectivity index (χ0) is 18.2. The van der Waals surface area contributed by atoms with Gasteiger partial charge in [-0.3, -0.25) is 5.10 Å². The maximum absolute atomic E-state index is 11.6. The molecule has 1 heterocycles. The van der Waals surface area contributed by atoms with E-state index in [0.29, 0.717) is 0 Å². The molecular weight excluding hydrogens is 330 g/mol. The van der Waals surface area contributed by atoms with Gasteiger partial charge in [0, 0.05) is 12.1 Å². The van der Waals surface area contributed by atoms with Gasteiger partial charge in [0.2, 0.25) is 0 Å². The molecule has 0 aliphatic carbocycles. The number of H-pyrrole nitrogens is 1. The first-order chi connectivity index (χ1) is 12.0. The molecule has 25 heavy (non-hydrogen) atoms. The molecule has 2 aromatic rings. The lowest BCUT2D eigenvalue weighted by atomic mass is 10.0. The van der Waals surface area contributed by atoms with Gasteiger partial charge in [0.05, 0.1) is 12.3 Å². The summed E-state index contributed by atoms with van der Waals surface area (Å²) in [5.74, 6) is -1.29. The Morgan fingerprint density at radius 1 is 1.24 bits per heavy atom. The number of carbonyl (C=O) groups is 2. The highest BCUT2D eigenvalue weighted by Gasteiger charge is 2.25. The van der Waals surface area contributed by atoms with Crippen molar-refractivity contribution in [3.8, 4) is 0 Å². The van der Waals surface area contributed by atoms with Crippen molar-refractivity contribution in [2.75, 3.05) is 6.54 Å². The molecule has 0 fully saturated rings. The number of hydrogen-bond acceptors (Lipinski definition) is 6. The van der Waals surface area contributed by atoms with Gasteiger partial charge in [0.25, 0.3) is 0 Å². The summed E-state index contributed by atoms with van der Waals surface area (Å²) in [6.07, 6.45) is -2.22. The summed E-state index contributed by atoms with van der Waals surface area (Å²) in [7, 11) is 0. The topological polar surface area (TPSA) is 145 Å². The van der Waals surface area contributed by atoms with Gasteiger partial charge < -0.3 is 25.4 Å². The number of alkyl carbamates (subject to hydrolysis) is 1. The maximum atomic E-state index is 11.6. The molecule has 0 aliphatic rings. The number of hydrogen-bond donors (Lipinski definition) is 5. The van der Waals surface area contributed by atoms with Crippen molar-refractivity contribution in [1.82, 2.24) is 15.5 Å². The summed E-state index contributed by atoms with van der Waals surface area (Å²) in [5.41, 5.74) is 0.530. The van der Waals surface area contributed by atoms with E-state index in [2.05, 4.69) is 15.5 Å². The van der Waals surface area contributed by atoms with Gasteiger partial charge in [-0.2, -0.15) is 5.10 Å². The Bertz CT molecular complexity index is 703. The van der Waals surface area contributed by atoms with Crippen LogP contribution >= 0.6 is 0 Å². The van der Waals surface area contributed by atoms with E-state index in [1.54, 1.807) is 0 Å². The first-order valence-electron chi connectivity index (χ1n) is 7.56. The van der Waals surface area contributed by atoms with Crippen LogP contribution in [-0.2, 0) is 11.3 Å². The van der Waals surface area contributed by atoms with Crippen LogP contribution in [0.4, 0.5) is 4.79 Å². The lowest BCUT2D eigenvalue weighted by Gasteiger charge is -2.17. The number of carboxylic acids is 1. The molecule has 0 saturated carbocycles. The molecular formula is C16H19N3O6. The summed E-state index contributed by atoms with van der Waals surface area (Å²) in [4.78, 5) is 22.5. The Morgan fingerprint density at radius 2 is 1.96 bits per heavy atom. The summed E-state index contributed by atoms with van der Waals surface area (Å²) in [6.45, 7) is 0.168. The predicted octanol–water partition coefficient (Wildman–Crippen LogP) is 0.819. The van der Waals surface area contributed by atoms with Crippen LogP contribution < -0.4 is 5.32 Å². The second-order valence-corrected chi connectivity index (χ2v) is 5.29. The van der Waals surface area contributed by atoms with E-state index in [9.17, 15) is 19.8 Å². The molecule has 134 valence electrons. The lowest BCUT2D eigenvalue weighted by molar-refractivity contribution is 0.0127. The standard InChI is InChI=1S/C16H19N3O6/c20-12(14(21)11-8-18-19-13(11)15(22)23)6-7-17-16(24)25-9-10-4-2-1-3-5-10/h1-5,8,12,14,20-21H,6-7,9H2,(H,17,24)(H,18,19)(H,22,23). The molecule has 1 aromatic heterocycles.